The number of anilines is 1. The largest absolute Gasteiger partial charge is 0.459 e. The molecule has 0 unspecified atom stereocenters. The molecule has 0 saturated heterocycles. The van der Waals surface area contributed by atoms with E-state index in [0.29, 0.717) is 0 Å². The van der Waals surface area contributed by atoms with Crippen LogP contribution in [-0.4, -0.2) is 24.3 Å². The zero-order valence-electron chi connectivity index (χ0n) is 8.52. The molecule has 2 N–H and O–H groups in total. The quantitative estimate of drug-likeness (QED) is 0.641. The standard InChI is InChI=1S/C11H12BrNO3/c12-10(11(15)16-7-6-14)8-13-9-4-2-1-3-5-9/h1-5,8,13-14H,6-7H2/b10-8-. The summed E-state index contributed by atoms with van der Waals surface area (Å²) in [6.07, 6.45) is 1.50. The van der Waals surface area contributed by atoms with Crippen LogP contribution in [0.25, 0.3) is 0 Å². The second-order valence-corrected chi connectivity index (χ2v) is 3.72. The highest BCUT2D eigenvalue weighted by atomic mass is 79.9. The normalized spacial score (nSPS) is 11.0. The predicted molar refractivity (Wildman–Crippen MR) is 65.1 cm³/mol. The van der Waals surface area contributed by atoms with Crippen LogP contribution < -0.4 is 5.32 Å². The van der Waals surface area contributed by atoms with Crippen molar-refractivity contribution in [3.8, 4) is 0 Å². The van der Waals surface area contributed by atoms with Crippen molar-refractivity contribution in [3.05, 3.63) is 41.0 Å². The Morgan fingerprint density at radius 1 is 1.44 bits per heavy atom. The van der Waals surface area contributed by atoms with Crippen LogP contribution in [0.15, 0.2) is 41.0 Å². The summed E-state index contributed by atoms with van der Waals surface area (Å²) in [6, 6.07) is 9.41. The maximum atomic E-state index is 11.2. The van der Waals surface area contributed by atoms with E-state index in [2.05, 4.69) is 21.2 Å². The zero-order chi connectivity index (χ0) is 11.8. The SMILES string of the molecule is O=C(OCCO)/C(Br)=C/Nc1ccccc1. The van der Waals surface area contributed by atoms with Crippen molar-refractivity contribution < 1.29 is 14.6 Å². The molecular formula is C11H12BrNO3. The van der Waals surface area contributed by atoms with Crippen LogP contribution in [0.2, 0.25) is 0 Å². The zero-order valence-corrected chi connectivity index (χ0v) is 10.1. The van der Waals surface area contributed by atoms with Gasteiger partial charge in [-0.25, -0.2) is 4.79 Å². The molecule has 0 heterocycles. The third-order valence-corrected chi connectivity index (χ3v) is 2.21. The van der Waals surface area contributed by atoms with Crippen LogP contribution in [0.4, 0.5) is 5.69 Å². The number of ether oxygens (including phenoxy) is 1. The average molecular weight is 286 g/mol. The Morgan fingerprint density at radius 2 is 2.12 bits per heavy atom. The molecule has 0 saturated carbocycles. The van der Waals surface area contributed by atoms with Gasteiger partial charge in [-0.15, -0.1) is 0 Å². The van der Waals surface area contributed by atoms with Crippen molar-refractivity contribution >= 4 is 27.6 Å². The summed E-state index contributed by atoms with van der Waals surface area (Å²) in [6.45, 7) is -0.189. The maximum Gasteiger partial charge on any atom is 0.346 e. The lowest BCUT2D eigenvalue weighted by Gasteiger charge is -2.03. The second-order valence-electron chi connectivity index (χ2n) is 2.86. The molecule has 1 aromatic carbocycles. The van der Waals surface area contributed by atoms with Crippen LogP contribution >= 0.6 is 15.9 Å². The van der Waals surface area contributed by atoms with E-state index >= 15 is 0 Å². The van der Waals surface area contributed by atoms with Crippen molar-refractivity contribution in [2.45, 2.75) is 0 Å². The van der Waals surface area contributed by atoms with E-state index in [1.54, 1.807) is 0 Å². The number of carbonyl (C=O) groups excluding carboxylic acids is 1. The van der Waals surface area contributed by atoms with Crippen molar-refractivity contribution in [2.24, 2.45) is 0 Å². The molecule has 1 rings (SSSR count). The van der Waals surface area contributed by atoms with E-state index < -0.39 is 5.97 Å². The van der Waals surface area contributed by atoms with Gasteiger partial charge in [0, 0.05) is 11.9 Å². The summed E-state index contributed by atoms with van der Waals surface area (Å²) in [4.78, 5) is 11.2. The average Bonchev–Trinajstić information content (AvgIpc) is 2.34. The minimum absolute atomic E-state index is 0.00684. The molecule has 0 aromatic heterocycles. The van der Waals surface area contributed by atoms with Gasteiger partial charge in [-0.3, -0.25) is 0 Å². The summed E-state index contributed by atoms with van der Waals surface area (Å²) in [5.41, 5.74) is 0.870. The van der Waals surface area contributed by atoms with Gasteiger partial charge in [0.15, 0.2) is 0 Å². The fraction of sp³-hybridized carbons (Fsp3) is 0.182. The monoisotopic (exact) mass is 285 g/mol. The minimum Gasteiger partial charge on any atom is -0.459 e. The highest BCUT2D eigenvalue weighted by Crippen LogP contribution is 2.10. The van der Waals surface area contributed by atoms with Crippen molar-refractivity contribution in [3.63, 3.8) is 0 Å². The van der Waals surface area contributed by atoms with E-state index in [0.717, 1.165) is 5.69 Å². The number of nitrogens with one attached hydrogen (secondary N) is 1. The molecule has 5 heteroatoms. The summed E-state index contributed by atoms with van der Waals surface area (Å²) in [7, 11) is 0. The first kappa shape index (κ1) is 12.7. The number of aliphatic hydroxyl groups excluding tert-OH is 1. The van der Waals surface area contributed by atoms with Gasteiger partial charge in [0.25, 0.3) is 0 Å². The molecule has 0 aliphatic carbocycles. The topological polar surface area (TPSA) is 58.6 Å². The number of hydrogen-bond acceptors (Lipinski definition) is 4. The van der Waals surface area contributed by atoms with Gasteiger partial charge in [0.1, 0.15) is 11.1 Å². The first-order chi connectivity index (χ1) is 7.74. The van der Waals surface area contributed by atoms with Crippen LogP contribution in [0.1, 0.15) is 0 Å². The van der Waals surface area contributed by atoms with E-state index in [-0.39, 0.29) is 17.7 Å². The molecule has 0 fully saturated rings. The summed E-state index contributed by atoms with van der Waals surface area (Å²) < 4.78 is 4.97. The molecular weight excluding hydrogens is 274 g/mol. The number of carbonyl (C=O) groups is 1. The van der Waals surface area contributed by atoms with Gasteiger partial charge in [-0.2, -0.15) is 0 Å². The fourth-order valence-electron chi connectivity index (χ4n) is 0.947. The van der Waals surface area contributed by atoms with Gasteiger partial charge >= 0.3 is 5.97 Å². The van der Waals surface area contributed by atoms with E-state index in [9.17, 15) is 4.79 Å². The highest BCUT2D eigenvalue weighted by molar-refractivity contribution is 9.12. The number of benzene rings is 1. The van der Waals surface area contributed by atoms with Crippen molar-refractivity contribution in [1.29, 1.82) is 0 Å². The van der Waals surface area contributed by atoms with E-state index in [4.69, 9.17) is 9.84 Å². The lowest BCUT2D eigenvalue weighted by atomic mass is 10.3. The first-order valence-electron chi connectivity index (χ1n) is 4.69. The molecule has 0 aliphatic heterocycles. The molecule has 86 valence electrons. The number of rotatable bonds is 5. The van der Waals surface area contributed by atoms with E-state index in [1.165, 1.54) is 6.20 Å². The molecule has 16 heavy (non-hydrogen) atoms. The molecule has 0 radical (unpaired) electrons. The Morgan fingerprint density at radius 3 is 2.75 bits per heavy atom. The molecule has 0 bridgehead atoms. The number of para-hydroxylation sites is 1. The predicted octanol–water partition coefficient (Wildman–Crippen LogP) is 1.87. The van der Waals surface area contributed by atoms with Gasteiger partial charge in [-0.05, 0) is 28.1 Å². The number of halogens is 1. The Bertz CT molecular complexity index is 365. The smallest absolute Gasteiger partial charge is 0.346 e. The van der Waals surface area contributed by atoms with E-state index in [1.807, 2.05) is 30.3 Å². The summed E-state index contributed by atoms with van der Waals surface area (Å²) in [5, 5.41) is 11.4. The molecule has 0 amide bonds. The van der Waals surface area contributed by atoms with Gasteiger partial charge in [0.05, 0.1) is 6.61 Å². The number of aliphatic hydroxyl groups is 1. The summed E-state index contributed by atoms with van der Waals surface area (Å²) in [5.74, 6) is -0.516. The van der Waals surface area contributed by atoms with Gasteiger partial charge in [-0.1, -0.05) is 18.2 Å². The Kier molecular flexibility index (Phi) is 5.60. The summed E-state index contributed by atoms with van der Waals surface area (Å²) >= 11 is 3.07. The molecule has 0 atom stereocenters. The Hall–Kier alpha value is -1.33. The highest BCUT2D eigenvalue weighted by Gasteiger charge is 2.06. The van der Waals surface area contributed by atoms with Crippen molar-refractivity contribution in [1.82, 2.24) is 0 Å². The number of hydrogen-bond donors (Lipinski definition) is 2. The molecule has 0 spiro atoms. The Balaban J connectivity index is 2.48. The second kappa shape index (κ2) is 7.03. The van der Waals surface area contributed by atoms with Crippen LogP contribution in [-0.2, 0) is 9.53 Å². The van der Waals surface area contributed by atoms with Crippen LogP contribution in [0.5, 0.6) is 0 Å². The lowest BCUT2D eigenvalue weighted by Crippen LogP contribution is -2.08. The fourth-order valence-corrected chi connectivity index (χ4v) is 1.18. The van der Waals surface area contributed by atoms with Crippen LogP contribution in [0, 0.1) is 0 Å². The molecule has 0 aliphatic rings. The minimum atomic E-state index is -0.516. The van der Waals surface area contributed by atoms with Gasteiger partial charge in [0.2, 0.25) is 0 Å². The van der Waals surface area contributed by atoms with Gasteiger partial charge < -0.3 is 15.2 Å². The third-order valence-electron chi connectivity index (χ3n) is 1.66. The number of esters is 1. The molecule has 1 aromatic rings. The van der Waals surface area contributed by atoms with Crippen molar-refractivity contribution in [2.75, 3.05) is 18.5 Å². The maximum absolute atomic E-state index is 11.2. The first-order valence-corrected chi connectivity index (χ1v) is 5.48. The third kappa shape index (κ3) is 4.46. The lowest BCUT2D eigenvalue weighted by molar-refractivity contribution is -0.139. The molecule has 4 nitrogen and oxygen atoms in total. The van der Waals surface area contributed by atoms with Crippen LogP contribution in [0.3, 0.4) is 0 Å². The Labute approximate surface area is 102 Å².